The number of benzene rings is 1. The Morgan fingerprint density at radius 2 is 2.07 bits per heavy atom. The van der Waals surface area contributed by atoms with Gasteiger partial charge in [0.05, 0.1) is 35.2 Å². The van der Waals surface area contributed by atoms with Crippen LogP contribution in [0.25, 0.3) is 0 Å². The molecule has 5 atom stereocenters. The number of hydrogen-bond acceptors (Lipinski definition) is 5. The van der Waals surface area contributed by atoms with Crippen molar-refractivity contribution in [2.75, 3.05) is 18.5 Å². The van der Waals surface area contributed by atoms with Gasteiger partial charge >= 0.3 is 0 Å². The van der Waals surface area contributed by atoms with Crippen LogP contribution in [0.15, 0.2) is 18.2 Å². The van der Waals surface area contributed by atoms with Crippen LogP contribution in [0.3, 0.4) is 0 Å². The monoisotopic (exact) mass is 431 g/mol. The summed E-state index contributed by atoms with van der Waals surface area (Å²) in [7, 11) is 0. The SMILES string of the molecule is CC(C)C[C@@H]1N[C@@]2(C(=O)Nc3c(Cl)cccc32)[C@H]2C(=O)N(C[C@H]3CCCO3)C(=O)[C@@H]12. The standard InChI is InChI=1S/C22H26ClN3O4/c1-11(2)9-15-16-17(20(28)26(19(16)27)10-12-5-4-8-30-12)22(25-15)13-6-3-7-14(23)18(13)24-21(22)29/h3,6-7,11-12,15-17,25H,4-5,8-10H2,1-2H3,(H,24,29)/t12-,15+,16+,17-,22-/m1/s1. The molecule has 1 aromatic rings. The van der Waals surface area contributed by atoms with Gasteiger partial charge in [-0.05, 0) is 31.2 Å². The van der Waals surface area contributed by atoms with E-state index in [1.165, 1.54) is 4.90 Å². The molecule has 2 N–H and O–H groups in total. The van der Waals surface area contributed by atoms with Gasteiger partial charge in [0.25, 0.3) is 0 Å². The van der Waals surface area contributed by atoms with Crippen LogP contribution in [0.2, 0.25) is 5.02 Å². The van der Waals surface area contributed by atoms with Crippen molar-refractivity contribution in [2.24, 2.45) is 17.8 Å². The van der Waals surface area contributed by atoms with Crippen molar-refractivity contribution in [2.45, 2.75) is 50.8 Å². The van der Waals surface area contributed by atoms with E-state index in [1.807, 2.05) is 6.07 Å². The second-order valence-electron chi connectivity index (χ2n) is 9.23. The highest BCUT2D eigenvalue weighted by Gasteiger charge is 2.70. The fourth-order valence-corrected chi connectivity index (χ4v) is 5.96. The second kappa shape index (κ2) is 7.04. The maximum atomic E-state index is 13.6. The van der Waals surface area contributed by atoms with Gasteiger partial charge in [-0.25, -0.2) is 0 Å². The van der Waals surface area contributed by atoms with Crippen molar-refractivity contribution in [1.82, 2.24) is 10.2 Å². The number of halogens is 1. The topological polar surface area (TPSA) is 87.7 Å². The summed E-state index contributed by atoms with van der Waals surface area (Å²) in [6, 6.07) is 5.04. The minimum absolute atomic E-state index is 0.122. The van der Waals surface area contributed by atoms with Crippen LogP contribution in [0.5, 0.6) is 0 Å². The Kier molecular flexibility index (Phi) is 4.69. The van der Waals surface area contributed by atoms with Gasteiger partial charge in [0.2, 0.25) is 17.7 Å². The third kappa shape index (κ3) is 2.68. The van der Waals surface area contributed by atoms with Crippen molar-refractivity contribution in [3.05, 3.63) is 28.8 Å². The molecule has 3 amide bonds. The summed E-state index contributed by atoms with van der Waals surface area (Å²) in [5.41, 5.74) is -0.0949. The molecule has 160 valence electrons. The Morgan fingerprint density at radius 3 is 2.77 bits per heavy atom. The first-order valence-corrected chi connectivity index (χ1v) is 11.1. The summed E-state index contributed by atoms with van der Waals surface area (Å²) in [6.07, 6.45) is 2.34. The van der Waals surface area contributed by atoms with E-state index in [9.17, 15) is 14.4 Å². The fraction of sp³-hybridized carbons (Fsp3) is 0.591. The molecule has 1 aromatic carbocycles. The summed E-state index contributed by atoms with van der Waals surface area (Å²) in [5.74, 6) is -1.85. The normalized spacial score (nSPS) is 34.9. The average molecular weight is 432 g/mol. The number of ether oxygens (including phenoxy) is 1. The number of nitrogens with zero attached hydrogens (tertiary/aromatic N) is 1. The smallest absolute Gasteiger partial charge is 0.250 e. The van der Waals surface area contributed by atoms with Crippen LogP contribution >= 0.6 is 11.6 Å². The molecule has 8 heteroatoms. The molecule has 4 heterocycles. The molecule has 4 aliphatic rings. The van der Waals surface area contributed by atoms with Gasteiger partial charge in [-0.15, -0.1) is 0 Å². The number of para-hydroxylation sites is 1. The van der Waals surface area contributed by atoms with E-state index in [4.69, 9.17) is 16.3 Å². The van der Waals surface area contributed by atoms with Gasteiger partial charge in [-0.2, -0.15) is 0 Å². The summed E-state index contributed by atoms with van der Waals surface area (Å²) in [6.45, 7) is 5.07. The highest BCUT2D eigenvalue weighted by Crippen LogP contribution is 2.54. The largest absolute Gasteiger partial charge is 0.376 e. The lowest BCUT2D eigenvalue weighted by Gasteiger charge is -2.30. The molecule has 7 nitrogen and oxygen atoms in total. The number of likely N-dealkylation sites (tertiary alicyclic amines) is 1. The van der Waals surface area contributed by atoms with Crippen molar-refractivity contribution in [3.8, 4) is 0 Å². The molecule has 0 bridgehead atoms. The van der Waals surface area contributed by atoms with Crippen molar-refractivity contribution >= 4 is 35.0 Å². The predicted molar refractivity (Wildman–Crippen MR) is 111 cm³/mol. The number of carbonyl (C=O) groups excluding carboxylic acids is 3. The van der Waals surface area contributed by atoms with Crippen LogP contribution in [0.4, 0.5) is 5.69 Å². The van der Waals surface area contributed by atoms with Gasteiger partial charge < -0.3 is 10.1 Å². The molecule has 0 aromatic heterocycles. The Hall–Kier alpha value is -1.96. The van der Waals surface area contributed by atoms with Gasteiger partial charge in [0.1, 0.15) is 5.54 Å². The predicted octanol–water partition coefficient (Wildman–Crippen LogP) is 2.29. The molecule has 4 aliphatic heterocycles. The van der Waals surface area contributed by atoms with Gasteiger partial charge in [0.15, 0.2) is 0 Å². The van der Waals surface area contributed by atoms with Gasteiger partial charge in [0, 0.05) is 18.2 Å². The van der Waals surface area contributed by atoms with Crippen molar-refractivity contribution in [1.29, 1.82) is 0 Å². The zero-order valence-corrected chi connectivity index (χ0v) is 17.9. The van der Waals surface area contributed by atoms with Gasteiger partial charge in [-0.3, -0.25) is 24.6 Å². The molecule has 0 radical (unpaired) electrons. The lowest BCUT2D eigenvalue weighted by molar-refractivity contribution is -0.144. The zero-order chi connectivity index (χ0) is 21.2. The molecular weight excluding hydrogens is 406 g/mol. The first-order valence-electron chi connectivity index (χ1n) is 10.7. The van der Waals surface area contributed by atoms with Crippen LogP contribution in [-0.2, 0) is 24.7 Å². The number of nitrogens with one attached hydrogen (secondary N) is 2. The molecule has 1 spiro atoms. The molecule has 0 unspecified atom stereocenters. The van der Waals surface area contributed by atoms with Crippen molar-refractivity contribution in [3.63, 3.8) is 0 Å². The summed E-state index contributed by atoms with van der Waals surface area (Å²) in [5, 5.41) is 6.73. The molecular formula is C22H26ClN3O4. The third-order valence-electron chi connectivity index (χ3n) is 6.93. The van der Waals surface area contributed by atoms with Crippen LogP contribution in [0.1, 0.15) is 38.7 Å². The zero-order valence-electron chi connectivity index (χ0n) is 17.1. The fourth-order valence-electron chi connectivity index (χ4n) is 5.74. The number of anilines is 1. The van der Waals surface area contributed by atoms with E-state index in [-0.39, 0.29) is 36.4 Å². The number of imide groups is 1. The summed E-state index contributed by atoms with van der Waals surface area (Å²) in [4.78, 5) is 41.8. The molecule has 3 saturated heterocycles. The third-order valence-corrected chi connectivity index (χ3v) is 7.24. The van der Waals surface area contributed by atoms with Gasteiger partial charge in [-0.1, -0.05) is 37.6 Å². The van der Waals surface area contributed by atoms with E-state index in [2.05, 4.69) is 24.5 Å². The van der Waals surface area contributed by atoms with Crippen molar-refractivity contribution < 1.29 is 19.1 Å². The van der Waals surface area contributed by atoms with E-state index in [0.29, 0.717) is 35.2 Å². The molecule has 5 rings (SSSR count). The Morgan fingerprint density at radius 1 is 1.27 bits per heavy atom. The molecule has 0 aliphatic carbocycles. The summed E-state index contributed by atoms with van der Waals surface area (Å²) < 4.78 is 5.68. The highest BCUT2D eigenvalue weighted by molar-refractivity contribution is 6.35. The average Bonchev–Trinajstić information content (AvgIpc) is 3.42. The number of amides is 3. The maximum absolute atomic E-state index is 13.6. The summed E-state index contributed by atoms with van der Waals surface area (Å²) >= 11 is 6.35. The lowest BCUT2D eigenvalue weighted by atomic mass is 9.76. The highest BCUT2D eigenvalue weighted by atomic mass is 35.5. The lowest BCUT2D eigenvalue weighted by Crippen LogP contribution is -2.53. The Labute approximate surface area is 180 Å². The Balaban J connectivity index is 1.59. The first-order chi connectivity index (χ1) is 14.3. The van der Waals surface area contributed by atoms with Crippen LogP contribution in [-0.4, -0.2) is 47.9 Å². The van der Waals surface area contributed by atoms with Crippen LogP contribution in [0, 0.1) is 17.8 Å². The van der Waals surface area contributed by atoms with E-state index >= 15 is 0 Å². The Bertz CT molecular complexity index is 929. The number of hydrogen-bond donors (Lipinski definition) is 2. The van der Waals surface area contributed by atoms with E-state index in [1.54, 1.807) is 12.1 Å². The quantitative estimate of drug-likeness (QED) is 0.714. The number of rotatable bonds is 4. The van der Waals surface area contributed by atoms with Crippen LogP contribution < -0.4 is 10.6 Å². The molecule has 30 heavy (non-hydrogen) atoms. The minimum atomic E-state index is -1.28. The first kappa shape index (κ1) is 20.0. The maximum Gasteiger partial charge on any atom is 0.250 e. The minimum Gasteiger partial charge on any atom is -0.376 e. The number of carbonyl (C=O) groups is 3. The molecule has 0 saturated carbocycles. The van der Waals surface area contributed by atoms with E-state index < -0.39 is 17.4 Å². The number of fused-ring (bicyclic) bond motifs is 4. The second-order valence-corrected chi connectivity index (χ2v) is 9.64. The van der Waals surface area contributed by atoms with E-state index in [0.717, 1.165) is 12.8 Å². The molecule has 3 fully saturated rings.